The number of allylic oxidation sites excluding steroid dienone is 1. The molecule has 0 aliphatic carbocycles. The molecule has 3 aliphatic rings. The highest BCUT2D eigenvalue weighted by Crippen LogP contribution is 2.72. The summed E-state index contributed by atoms with van der Waals surface area (Å²) in [4.78, 5) is 46.0. The van der Waals surface area contributed by atoms with Gasteiger partial charge in [0.2, 0.25) is 11.8 Å². The van der Waals surface area contributed by atoms with Crippen LogP contribution in [0.3, 0.4) is 0 Å². The Morgan fingerprint density at radius 2 is 1.95 bits per heavy atom. The minimum Gasteiger partial charge on any atom is -0.465 e. The van der Waals surface area contributed by atoms with Gasteiger partial charge in [-0.3, -0.25) is 14.4 Å². The maximum atomic E-state index is 14.5. The van der Waals surface area contributed by atoms with Gasteiger partial charge in [0.1, 0.15) is 6.04 Å². The van der Waals surface area contributed by atoms with Crippen molar-refractivity contribution in [2.24, 2.45) is 17.8 Å². The van der Waals surface area contributed by atoms with Gasteiger partial charge in [-0.2, -0.15) is 0 Å². The van der Waals surface area contributed by atoms with E-state index < -0.39 is 33.4 Å². The number of thioether (sulfide) groups is 1. The number of likely N-dealkylation sites (tertiary alicyclic amines) is 1. The highest BCUT2D eigenvalue weighted by molar-refractivity contribution is 8.02. The van der Waals surface area contributed by atoms with Crippen molar-refractivity contribution in [2.45, 2.75) is 107 Å². The maximum absolute atomic E-state index is 14.5. The second-order valence-corrected chi connectivity index (χ2v) is 13.7. The molecule has 8 heteroatoms. The van der Waals surface area contributed by atoms with Gasteiger partial charge in [-0.15, -0.1) is 24.9 Å². The summed E-state index contributed by atoms with van der Waals surface area (Å²) in [6.45, 7) is 17.0. The van der Waals surface area contributed by atoms with Crippen LogP contribution in [-0.4, -0.2) is 80.6 Å². The normalized spacial score (nSPS) is 30.6. The third kappa shape index (κ3) is 5.97. The first kappa shape index (κ1) is 31.7. The number of amides is 2. The molecule has 1 N–H and O–H groups in total. The fraction of sp³-hybridized carbons (Fsp3) is 0.774. The number of fused-ring (bicyclic) bond motifs is 1. The van der Waals surface area contributed by atoms with Gasteiger partial charge >= 0.3 is 5.97 Å². The summed E-state index contributed by atoms with van der Waals surface area (Å²) < 4.78 is 4.60. The van der Waals surface area contributed by atoms with Crippen molar-refractivity contribution in [1.82, 2.24) is 9.80 Å². The number of nitrogens with zero attached hydrogens (tertiary/aromatic N) is 2. The zero-order valence-corrected chi connectivity index (χ0v) is 25.3. The number of esters is 1. The maximum Gasteiger partial charge on any atom is 0.311 e. The van der Waals surface area contributed by atoms with E-state index in [-0.39, 0.29) is 30.3 Å². The average Bonchev–Trinajstić information content (AvgIpc) is 3.49. The standard InChI is InChI=1S/C31H50N2O5S/c1-7-11-13-15-20-38-29(37)25-24-27(35)33(23(21-34)22(5)10-4)26(31(24)17-16-30(25,6)39-31)28(36)32(18-9-3)19-14-12-8-2/h7,9,22-26,34H,1,3,8,10-21H2,2,4-6H3/t22-,23-,24-,25-,26?,30+,31?/m0/s1. The molecule has 3 fully saturated rings. The molecule has 3 heterocycles. The quantitative estimate of drug-likeness (QED) is 0.153. The zero-order valence-electron chi connectivity index (χ0n) is 24.5. The molecule has 1 spiro atoms. The first-order chi connectivity index (χ1) is 18.7. The van der Waals surface area contributed by atoms with Crippen LogP contribution in [0.15, 0.2) is 25.3 Å². The molecule has 220 valence electrons. The van der Waals surface area contributed by atoms with Crippen molar-refractivity contribution in [2.75, 3.05) is 26.3 Å². The summed E-state index contributed by atoms with van der Waals surface area (Å²) in [5.41, 5.74) is 0. The highest BCUT2D eigenvalue weighted by Gasteiger charge is 2.78. The number of carbonyl (C=O) groups excluding carboxylic acids is 3. The van der Waals surface area contributed by atoms with Crippen molar-refractivity contribution >= 4 is 29.5 Å². The van der Waals surface area contributed by atoms with E-state index >= 15 is 0 Å². The number of hydrogen-bond donors (Lipinski definition) is 1. The van der Waals surface area contributed by atoms with Gasteiger partial charge in [0.05, 0.1) is 35.8 Å². The SMILES string of the molecule is C=CCCCCOC(=O)[C@@H]1[C@H]2C(=O)N([C@@H](CO)[C@@H](C)CC)C(C(=O)N(CC=C)CCCCC)C23CC[C@@]1(C)S3. The zero-order chi connectivity index (χ0) is 28.8. The summed E-state index contributed by atoms with van der Waals surface area (Å²) in [6, 6.07) is -1.21. The van der Waals surface area contributed by atoms with E-state index in [4.69, 9.17) is 4.74 Å². The molecular weight excluding hydrogens is 512 g/mol. The molecule has 3 aliphatic heterocycles. The van der Waals surface area contributed by atoms with Crippen molar-refractivity contribution < 1.29 is 24.2 Å². The first-order valence-corrected chi connectivity index (χ1v) is 15.8. The van der Waals surface area contributed by atoms with Crippen LogP contribution in [0.5, 0.6) is 0 Å². The lowest BCUT2D eigenvalue weighted by Gasteiger charge is -2.41. The number of aliphatic hydroxyl groups excluding tert-OH is 1. The Bertz CT molecular complexity index is 911. The molecule has 7 nitrogen and oxygen atoms in total. The predicted molar refractivity (Wildman–Crippen MR) is 157 cm³/mol. The lowest BCUT2D eigenvalue weighted by Crippen LogP contribution is -2.58. The third-order valence-electron chi connectivity index (χ3n) is 9.29. The number of aliphatic hydroxyl groups is 1. The van der Waals surface area contributed by atoms with Gasteiger partial charge in [-0.1, -0.05) is 52.2 Å². The second-order valence-electron chi connectivity index (χ2n) is 11.8. The van der Waals surface area contributed by atoms with Gasteiger partial charge in [0, 0.05) is 17.8 Å². The summed E-state index contributed by atoms with van der Waals surface area (Å²) in [7, 11) is 0. The highest BCUT2D eigenvalue weighted by atomic mass is 32.2. The molecular formula is C31H50N2O5S. The van der Waals surface area contributed by atoms with Crippen LogP contribution >= 0.6 is 11.8 Å². The molecule has 39 heavy (non-hydrogen) atoms. The first-order valence-electron chi connectivity index (χ1n) is 15.0. The van der Waals surface area contributed by atoms with Crippen molar-refractivity contribution in [3.63, 3.8) is 0 Å². The number of rotatable bonds is 17. The van der Waals surface area contributed by atoms with E-state index in [0.717, 1.165) is 51.4 Å². The second kappa shape index (κ2) is 13.7. The molecule has 7 atom stereocenters. The van der Waals surface area contributed by atoms with Crippen LogP contribution < -0.4 is 0 Å². The van der Waals surface area contributed by atoms with E-state index in [1.165, 1.54) is 0 Å². The van der Waals surface area contributed by atoms with Gasteiger partial charge in [-0.05, 0) is 51.4 Å². The summed E-state index contributed by atoms with van der Waals surface area (Å²) in [6.07, 6.45) is 11.3. The molecule has 0 aromatic rings. The number of hydrogen-bond acceptors (Lipinski definition) is 6. The van der Waals surface area contributed by atoms with Crippen LogP contribution in [0.4, 0.5) is 0 Å². The number of unbranched alkanes of at least 4 members (excludes halogenated alkanes) is 4. The van der Waals surface area contributed by atoms with Crippen LogP contribution in [0, 0.1) is 17.8 Å². The van der Waals surface area contributed by atoms with Crippen molar-refractivity contribution in [1.29, 1.82) is 0 Å². The molecule has 0 aromatic heterocycles. The van der Waals surface area contributed by atoms with Crippen LogP contribution in [0.2, 0.25) is 0 Å². The molecule has 3 rings (SSSR count). The van der Waals surface area contributed by atoms with Gasteiger partial charge in [0.15, 0.2) is 0 Å². The number of carbonyl (C=O) groups is 3. The Morgan fingerprint density at radius 1 is 1.21 bits per heavy atom. The van der Waals surface area contributed by atoms with Crippen molar-refractivity contribution in [3.8, 4) is 0 Å². The van der Waals surface area contributed by atoms with Crippen LogP contribution in [0.1, 0.15) is 85.5 Å². The Hall–Kier alpha value is -1.80. The molecule has 2 unspecified atom stereocenters. The molecule has 2 amide bonds. The Balaban J connectivity index is 2.01. The minimum atomic E-state index is -0.722. The lowest BCUT2D eigenvalue weighted by molar-refractivity contribution is -0.156. The summed E-state index contributed by atoms with van der Waals surface area (Å²) in [5.74, 6) is -1.82. The van der Waals surface area contributed by atoms with Gasteiger partial charge < -0.3 is 19.6 Å². The number of ether oxygens (including phenoxy) is 1. The molecule has 0 saturated carbocycles. The van der Waals surface area contributed by atoms with E-state index in [0.29, 0.717) is 26.1 Å². The Labute approximate surface area is 239 Å². The lowest BCUT2D eigenvalue weighted by atomic mass is 9.66. The molecule has 3 saturated heterocycles. The minimum absolute atomic E-state index is 0.00507. The molecule has 0 radical (unpaired) electrons. The topological polar surface area (TPSA) is 87.1 Å². The van der Waals surface area contributed by atoms with E-state index in [9.17, 15) is 19.5 Å². The largest absolute Gasteiger partial charge is 0.465 e. The predicted octanol–water partition coefficient (Wildman–Crippen LogP) is 4.98. The van der Waals surface area contributed by atoms with Crippen LogP contribution in [-0.2, 0) is 19.1 Å². The monoisotopic (exact) mass is 562 g/mol. The average molecular weight is 563 g/mol. The molecule has 2 bridgehead atoms. The fourth-order valence-electron chi connectivity index (χ4n) is 7.00. The van der Waals surface area contributed by atoms with Gasteiger partial charge in [0.25, 0.3) is 0 Å². The summed E-state index contributed by atoms with van der Waals surface area (Å²) >= 11 is 1.66. The summed E-state index contributed by atoms with van der Waals surface area (Å²) in [5, 5.41) is 10.5. The Kier molecular flexibility index (Phi) is 11.2. The van der Waals surface area contributed by atoms with Crippen LogP contribution in [0.25, 0.3) is 0 Å². The fourth-order valence-corrected chi connectivity index (χ4v) is 9.32. The Morgan fingerprint density at radius 3 is 2.56 bits per heavy atom. The van der Waals surface area contributed by atoms with E-state index in [2.05, 4.69) is 27.0 Å². The molecule has 0 aromatic carbocycles. The van der Waals surface area contributed by atoms with E-state index in [1.807, 2.05) is 24.8 Å². The third-order valence-corrected chi connectivity index (χ3v) is 11.3. The van der Waals surface area contributed by atoms with E-state index in [1.54, 1.807) is 22.7 Å². The van der Waals surface area contributed by atoms with Gasteiger partial charge in [-0.25, -0.2) is 0 Å². The van der Waals surface area contributed by atoms with Crippen molar-refractivity contribution in [3.05, 3.63) is 25.3 Å². The smallest absolute Gasteiger partial charge is 0.311 e.